The van der Waals surface area contributed by atoms with E-state index in [9.17, 15) is 9.59 Å². The Balaban J connectivity index is 1.81. The minimum Gasteiger partial charge on any atom is -0.450 e. The SMILES string of the molecule is CCc1ccc2oc3c(c(=O)c2c1)C(c1cccc(Cl)c1)N(CCCN(CC)CC)C3=O. The van der Waals surface area contributed by atoms with E-state index < -0.39 is 6.04 Å². The van der Waals surface area contributed by atoms with Crippen LogP contribution < -0.4 is 5.43 Å². The van der Waals surface area contributed by atoms with E-state index >= 15 is 0 Å². The smallest absolute Gasteiger partial charge is 0.290 e. The van der Waals surface area contributed by atoms with Crippen LogP contribution in [0.15, 0.2) is 51.7 Å². The van der Waals surface area contributed by atoms with Gasteiger partial charge in [-0.25, -0.2) is 0 Å². The maximum atomic E-state index is 13.6. The Morgan fingerprint density at radius 2 is 1.84 bits per heavy atom. The third-order valence-electron chi connectivity index (χ3n) is 6.37. The molecular formula is C26H29ClN2O3. The minimum atomic E-state index is -0.501. The van der Waals surface area contributed by atoms with E-state index in [0.717, 1.165) is 43.6 Å². The summed E-state index contributed by atoms with van der Waals surface area (Å²) in [7, 11) is 0. The van der Waals surface area contributed by atoms with E-state index in [1.807, 2.05) is 37.3 Å². The zero-order chi connectivity index (χ0) is 22.8. The summed E-state index contributed by atoms with van der Waals surface area (Å²) < 4.78 is 6.04. The van der Waals surface area contributed by atoms with Crippen LogP contribution in [0, 0.1) is 0 Å². The van der Waals surface area contributed by atoms with Crippen molar-refractivity contribution in [1.82, 2.24) is 9.80 Å². The lowest BCUT2D eigenvalue weighted by Crippen LogP contribution is -2.33. The van der Waals surface area contributed by atoms with Crippen molar-refractivity contribution in [3.8, 4) is 0 Å². The molecule has 32 heavy (non-hydrogen) atoms. The van der Waals surface area contributed by atoms with Crippen LogP contribution in [-0.4, -0.2) is 41.9 Å². The average Bonchev–Trinajstić information content (AvgIpc) is 3.08. The van der Waals surface area contributed by atoms with Gasteiger partial charge in [-0.15, -0.1) is 0 Å². The van der Waals surface area contributed by atoms with Gasteiger partial charge in [0.1, 0.15) is 5.58 Å². The zero-order valence-electron chi connectivity index (χ0n) is 18.9. The largest absolute Gasteiger partial charge is 0.450 e. The third-order valence-corrected chi connectivity index (χ3v) is 6.61. The predicted octanol–water partition coefficient (Wildman–Crippen LogP) is 5.29. The van der Waals surface area contributed by atoms with Crippen LogP contribution >= 0.6 is 11.6 Å². The molecule has 1 amide bonds. The first-order chi connectivity index (χ1) is 15.5. The fourth-order valence-corrected chi connectivity index (χ4v) is 4.74. The van der Waals surface area contributed by atoms with Crippen LogP contribution in [-0.2, 0) is 6.42 Å². The molecule has 3 aromatic rings. The van der Waals surface area contributed by atoms with Crippen molar-refractivity contribution in [2.45, 2.75) is 39.7 Å². The molecule has 0 saturated carbocycles. The van der Waals surface area contributed by atoms with Crippen molar-refractivity contribution in [3.05, 3.63) is 80.2 Å². The summed E-state index contributed by atoms with van der Waals surface area (Å²) in [6.45, 7) is 9.67. The fraction of sp³-hybridized carbons (Fsp3) is 0.385. The number of hydrogen-bond acceptors (Lipinski definition) is 4. The Hall–Kier alpha value is -2.63. The number of rotatable bonds is 8. The van der Waals surface area contributed by atoms with Crippen LogP contribution in [0.25, 0.3) is 11.0 Å². The lowest BCUT2D eigenvalue weighted by Gasteiger charge is -2.26. The van der Waals surface area contributed by atoms with E-state index in [0.29, 0.717) is 28.1 Å². The Labute approximate surface area is 193 Å². The normalized spacial score (nSPS) is 15.7. The second kappa shape index (κ2) is 9.47. The molecule has 4 rings (SSSR count). The van der Waals surface area contributed by atoms with Crippen LogP contribution in [0.3, 0.4) is 0 Å². The lowest BCUT2D eigenvalue weighted by molar-refractivity contribution is 0.0720. The molecule has 0 bridgehead atoms. The summed E-state index contributed by atoms with van der Waals surface area (Å²) in [5, 5.41) is 1.10. The monoisotopic (exact) mass is 452 g/mol. The number of carbonyl (C=O) groups is 1. The predicted molar refractivity (Wildman–Crippen MR) is 129 cm³/mol. The number of aryl methyl sites for hydroxylation is 1. The summed E-state index contributed by atoms with van der Waals surface area (Å²) in [4.78, 5) is 31.2. The van der Waals surface area contributed by atoms with Gasteiger partial charge in [-0.3, -0.25) is 9.59 Å². The van der Waals surface area contributed by atoms with E-state index in [1.54, 1.807) is 17.0 Å². The average molecular weight is 453 g/mol. The molecule has 2 heterocycles. The first kappa shape index (κ1) is 22.6. The molecule has 5 nitrogen and oxygen atoms in total. The first-order valence-electron chi connectivity index (χ1n) is 11.4. The number of fused-ring (bicyclic) bond motifs is 2. The van der Waals surface area contributed by atoms with Crippen molar-refractivity contribution < 1.29 is 9.21 Å². The quantitative estimate of drug-likeness (QED) is 0.466. The summed E-state index contributed by atoms with van der Waals surface area (Å²) >= 11 is 6.28. The Kier molecular flexibility index (Phi) is 6.68. The zero-order valence-corrected chi connectivity index (χ0v) is 19.6. The molecule has 1 unspecified atom stereocenters. The molecule has 0 radical (unpaired) electrons. The maximum Gasteiger partial charge on any atom is 0.290 e. The fourth-order valence-electron chi connectivity index (χ4n) is 4.55. The van der Waals surface area contributed by atoms with E-state index in [4.69, 9.17) is 16.0 Å². The van der Waals surface area contributed by atoms with Gasteiger partial charge in [0, 0.05) is 11.6 Å². The molecular weight excluding hydrogens is 424 g/mol. The highest BCUT2D eigenvalue weighted by Gasteiger charge is 2.42. The summed E-state index contributed by atoms with van der Waals surface area (Å²) in [5.41, 5.74) is 2.62. The van der Waals surface area contributed by atoms with Crippen LogP contribution in [0.1, 0.15) is 60.5 Å². The maximum absolute atomic E-state index is 13.6. The minimum absolute atomic E-state index is 0.138. The van der Waals surface area contributed by atoms with Crippen molar-refractivity contribution >= 4 is 28.5 Å². The topological polar surface area (TPSA) is 53.8 Å². The van der Waals surface area contributed by atoms with Crippen LogP contribution in [0.5, 0.6) is 0 Å². The van der Waals surface area contributed by atoms with E-state index in [2.05, 4.69) is 18.7 Å². The van der Waals surface area contributed by atoms with Gasteiger partial charge < -0.3 is 14.2 Å². The van der Waals surface area contributed by atoms with Gasteiger partial charge in [-0.2, -0.15) is 0 Å². The van der Waals surface area contributed by atoms with E-state index in [-0.39, 0.29) is 17.1 Å². The highest BCUT2D eigenvalue weighted by atomic mass is 35.5. The van der Waals surface area contributed by atoms with Crippen LogP contribution in [0.4, 0.5) is 0 Å². The molecule has 1 atom stereocenters. The summed E-state index contributed by atoms with van der Waals surface area (Å²) in [5.74, 6) is -0.0809. The van der Waals surface area contributed by atoms with Crippen molar-refractivity contribution in [2.75, 3.05) is 26.2 Å². The molecule has 1 aliphatic rings. The molecule has 0 saturated heterocycles. The van der Waals surface area contributed by atoms with Gasteiger partial charge in [0.25, 0.3) is 5.91 Å². The van der Waals surface area contributed by atoms with Gasteiger partial charge in [0.05, 0.1) is 17.0 Å². The van der Waals surface area contributed by atoms with Crippen molar-refractivity contribution in [1.29, 1.82) is 0 Å². The second-order valence-corrected chi connectivity index (χ2v) is 8.63. The number of benzene rings is 2. The molecule has 6 heteroatoms. The van der Waals surface area contributed by atoms with Crippen molar-refractivity contribution in [2.24, 2.45) is 0 Å². The Morgan fingerprint density at radius 1 is 1.06 bits per heavy atom. The highest BCUT2D eigenvalue weighted by molar-refractivity contribution is 6.30. The Bertz CT molecular complexity index is 1200. The highest BCUT2D eigenvalue weighted by Crippen LogP contribution is 2.38. The molecule has 0 spiro atoms. The molecule has 168 valence electrons. The third kappa shape index (κ3) is 4.07. The number of amides is 1. The van der Waals surface area contributed by atoms with Gasteiger partial charge in [-0.1, -0.05) is 50.6 Å². The first-order valence-corrected chi connectivity index (χ1v) is 11.7. The summed E-state index contributed by atoms with van der Waals surface area (Å²) in [6.07, 6.45) is 1.63. The molecule has 0 aliphatic carbocycles. The lowest BCUT2D eigenvalue weighted by atomic mass is 9.98. The van der Waals surface area contributed by atoms with Crippen LogP contribution in [0.2, 0.25) is 5.02 Å². The number of halogens is 1. The second-order valence-electron chi connectivity index (χ2n) is 8.19. The van der Waals surface area contributed by atoms with Gasteiger partial charge in [-0.05, 0) is 67.9 Å². The molecule has 0 fully saturated rings. The van der Waals surface area contributed by atoms with Gasteiger partial charge in [0.2, 0.25) is 5.76 Å². The Morgan fingerprint density at radius 3 is 2.53 bits per heavy atom. The number of hydrogen-bond donors (Lipinski definition) is 0. The molecule has 1 aliphatic heterocycles. The standard InChI is InChI=1S/C26H29ClN2O3/c1-4-17-11-12-21-20(15-17)24(30)22-23(18-9-7-10-19(27)16-18)29(26(31)25(22)32-21)14-8-13-28(5-2)6-3/h7,9-12,15-16,23H,4-6,8,13-14H2,1-3H3. The van der Waals surface area contributed by atoms with Gasteiger partial charge >= 0.3 is 0 Å². The molecule has 1 aromatic heterocycles. The van der Waals surface area contributed by atoms with Crippen molar-refractivity contribution in [3.63, 3.8) is 0 Å². The summed E-state index contributed by atoms with van der Waals surface area (Å²) in [6, 6.07) is 12.5. The molecule has 2 aromatic carbocycles. The van der Waals surface area contributed by atoms with Gasteiger partial charge in [0.15, 0.2) is 5.43 Å². The van der Waals surface area contributed by atoms with E-state index in [1.165, 1.54) is 0 Å². The molecule has 0 N–H and O–H groups in total. The number of carbonyl (C=O) groups excluding carboxylic acids is 1. The number of nitrogens with zero attached hydrogens (tertiary/aromatic N) is 2.